The number of hydrogen-bond donors (Lipinski definition) is 2. The fraction of sp³-hybridized carbons (Fsp3) is 0. The summed E-state index contributed by atoms with van der Waals surface area (Å²) in [7, 11) is 0. The van der Waals surface area contributed by atoms with Crippen LogP contribution in [0.1, 0.15) is 10.4 Å². The summed E-state index contributed by atoms with van der Waals surface area (Å²) in [5, 5.41) is 8.71. The molecular weight excluding hydrogens is 224 g/mol. The summed E-state index contributed by atoms with van der Waals surface area (Å²) in [5.41, 5.74) is -0.282. The van der Waals surface area contributed by atoms with Crippen LogP contribution in [0.3, 0.4) is 0 Å². The number of hydrogen-bond acceptors (Lipinski definition) is 4. The molecule has 0 aliphatic heterocycles. The van der Waals surface area contributed by atoms with Crippen LogP contribution >= 0.6 is 0 Å². The molecule has 1 aromatic heterocycles. The summed E-state index contributed by atoms with van der Waals surface area (Å²) in [6.07, 6.45) is 2.66. The summed E-state index contributed by atoms with van der Waals surface area (Å²) >= 11 is 0. The van der Waals surface area contributed by atoms with Crippen LogP contribution < -0.4 is 10.4 Å². The lowest BCUT2D eigenvalue weighted by Gasteiger charge is -2.04. The Morgan fingerprint density at radius 1 is 1.24 bits per heavy atom. The molecule has 0 atom stereocenters. The van der Waals surface area contributed by atoms with Gasteiger partial charge in [-0.3, -0.25) is 0 Å². The second kappa shape index (κ2) is 4.48. The fourth-order valence-electron chi connectivity index (χ4n) is 1.19. The van der Waals surface area contributed by atoms with Gasteiger partial charge in [-0.25, -0.2) is 9.59 Å². The van der Waals surface area contributed by atoms with Crippen molar-refractivity contribution in [1.82, 2.24) is 9.97 Å². The third-order valence-electron chi connectivity index (χ3n) is 1.98. The van der Waals surface area contributed by atoms with Gasteiger partial charge in [-0.05, 0) is 24.3 Å². The minimum absolute atomic E-state index is 0.178. The second-order valence-corrected chi connectivity index (χ2v) is 3.19. The van der Waals surface area contributed by atoms with E-state index in [0.29, 0.717) is 11.5 Å². The maximum Gasteiger partial charge on any atom is 0.345 e. The zero-order valence-corrected chi connectivity index (χ0v) is 8.58. The van der Waals surface area contributed by atoms with Crippen LogP contribution in [0.25, 0.3) is 0 Å². The Balaban J connectivity index is 2.16. The van der Waals surface area contributed by atoms with Gasteiger partial charge in [0.15, 0.2) is 5.75 Å². The van der Waals surface area contributed by atoms with Gasteiger partial charge >= 0.3 is 11.7 Å². The lowest BCUT2D eigenvalue weighted by molar-refractivity contribution is 0.0697. The molecule has 0 spiro atoms. The van der Waals surface area contributed by atoms with Crippen LogP contribution in [-0.4, -0.2) is 21.0 Å². The van der Waals surface area contributed by atoms with E-state index in [0.717, 1.165) is 0 Å². The van der Waals surface area contributed by atoms with Gasteiger partial charge in [-0.1, -0.05) is 0 Å². The predicted octanol–water partition coefficient (Wildman–Crippen LogP) is 1.26. The predicted molar refractivity (Wildman–Crippen MR) is 58.3 cm³/mol. The smallest absolute Gasteiger partial charge is 0.345 e. The Morgan fingerprint density at radius 3 is 2.47 bits per heavy atom. The normalized spacial score (nSPS) is 9.88. The number of carboxylic acids is 1. The molecule has 0 fully saturated rings. The van der Waals surface area contributed by atoms with E-state index in [-0.39, 0.29) is 5.56 Å². The first-order valence-corrected chi connectivity index (χ1v) is 4.71. The number of ether oxygens (including phenoxy) is 1. The van der Waals surface area contributed by atoms with Crippen molar-refractivity contribution in [1.29, 1.82) is 0 Å². The number of rotatable bonds is 3. The number of nitrogens with zero attached hydrogens (tertiary/aromatic N) is 1. The van der Waals surface area contributed by atoms with Crippen molar-refractivity contribution in [2.75, 3.05) is 0 Å². The first-order valence-electron chi connectivity index (χ1n) is 4.71. The van der Waals surface area contributed by atoms with Crippen LogP contribution in [0, 0.1) is 0 Å². The number of carboxylic acid groups (broad SMARTS) is 1. The molecule has 17 heavy (non-hydrogen) atoms. The number of aromatic nitrogens is 2. The maximum absolute atomic E-state index is 10.7. The number of aromatic carboxylic acids is 1. The van der Waals surface area contributed by atoms with Crippen molar-refractivity contribution in [3.8, 4) is 11.5 Å². The van der Waals surface area contributed by atoms with E-state index in [4.69, 9.17) is 9.84 Å². The van der Waals surface area contributed by atoms with E-state index in [1.54, 1.807) is 0 Å². The number of nitrogens with one attached hydrogen (secondary N) is 1. The lowest BCUT2D eigenvalue weighted by atomic mass is 10.2. The molecule has 2 aromatic rings. The molecular formula is C11H8N2O4. The van der Waals surface area contributed by atoms with Crippen molar-refractivity contribution in [2.45, 2.75) is 0 Å². The third-order valence-corrected chi connectivity index (χ3v) is 1.98. The second-order valence-electron chi connectivity index (χ2n) is 3.19. The average molecular weight is 232 g/mol. The molecule has 0 aliphatic carbocycles. The highest BCUT2D eigenvalue weighted by Crippen LogP contribution is 2.19. The zero-order valence-electron chi connectivity index (χ0n) is 8.58. The largest absolute Gasteiger partial charge is 0.478 e. The molecule has 86 valence electrons. The van der Waals surface area contributed by atoms with Gasteiger partial charge in [0.05, 0.1) is 18.0 Å². The fourth-order valence-corrected chi connectivity index (χ4v) is 1.19. The topological polar surface area (TPSA) is 92.3 Å². The van der Waals surface area contributed by atoms with Crippen molar-refractivity contribution in [3.05, 3.63) is 52.7 Å². The van der Waals surface area contributed by atoms with E-state index in [9.17, 15) is 9.59 Å². The van der Waals surface area contributed by atoms with Crippen molar-refractivity contribution >= 4 is 5.97 Å². The van der Waals surface area contributed by atoms with Gasteiger partial charge in [-0.2, -0.15) is 4.98 Å². The molecule has 1 aromatic carbocycles. The molecule has 6 heteroatoms. The van der Waals surface area contributed by atoms with E-state index in [1.165, 1.54) is 36.7 Å². The van der Waals surface area contributed by atoms with Gasteiger partial charge in [0, 0.05) is 0 Å². The quantitative estimate of drug-likeness (QED) is 0.831. The molecule has 6 nitrogen and oxygen atoms in total. The highest BCUT2D eigenvalue weighted by atomic mass is 16.5. The molecule has 0 unspecified atom stereocenters. The zero-order chi connectivity index (χ0) is 12.3. The number of benzene rings is 1. The molecule has 0 saturated carbocycles. The van der Waals surface area contributed by atoms with Crippen molar-refractivity contribution < 1.29 is 14.6 Å². The molecule has 0 amide bonds. The summed E-state index contributed by atoms with van der Waals surface area (Å²) in [5.74, 6) is -0.168. The van der Waals surface area contributed by atoms with Gasteiger partial charge in [0.2, 0.25) is 0 Å². The Bertz CT molecular complexity index is 569. The Morgan fingerprint density at radius 2 is 1.94 bits per heavy atom. The van der Waals surface area contributed by atoms with Gasteiger partial charge < -0.3 is 14.8 Å². The number of aromatic amines is 1. The standard InChI is InChI=1S/C11H8N2O4/c14-10(15)7-1-3-8(4-2-7)17-9-5-12-11(16)13-6-9/h1-6H,(H,14,15)(H,12,13,16). The summed E-state index contributed by atoms with van der Waals surface area (Å²) in [4.78, 5) is 27.2. The molecule has 0 radical (unpaired) electrons. The maximum atomic E-state index is 10.7. The van der Waals surface area contributed by atoms with Crippen LogP contribution in [-0.2, 0) is 0 Å². The van der Waals surface area contributed by atoms with Crippen molar-refractivity contribution in [3.63, 3.8) is 0 Å². The van der Waals surface area contributed by atoms with Crippen LogP contribution in [0.5, 0.6) is 11.5 Å². The number of H-pyrrole nitrogens is 1. The minimum atomic E-state index is -0.998. The van der Waals surface area contributed by atoms with E-state index >= 15 is 0 Å². The lowest BCUT2D eigenvalue weighted by Crippen LogP contribution is -2.07. The Kier molecular flexibility index (Phi) is 2.87. The van der Waals surface area contributed by atoms with E-state index in [2.05, 4.69) is 9.97 Å². The first kappa shape index (κ1) is 10.9. The van der Waals surface area contributed by atoms with E-state index in [1.807, 2.05) is 0 Å². The van der Waals surface area contributed by atoms with Crippen molar-refractivity contribution in [2.24, 2.45) is 0 Å². The molecule has 2 N–H and O–H groups in total. The van der Waals surface area contributed by atoms with E-state index < -0.39 is 11.7 Å². The summed E-state index contributed by atoms with van der Waals surface area (Å²) in [6.45, 7) is 0. The Hall–Kier alpha value is -2.63. The van der Waals surface area contributed by atoms with Crippen LogP contribution in [0.4, 0.5) is 0 Å². The van der Waals surface area contributed by atoms with Gasteiger partial charge in [-0.15, -0.1) is 0 Å². The van der Waals surface area contributed by atoms with Crippen LogP contribution in [0.15, 0.2) is 41.5 Å². The SMILES string of the molecule is O=C(O)c1ccc(Oc2cnc(=O)[nH]c2)cc1. The molecule has 0 saturated heterocycles. The molecule has 1 heterocycles. The Labute approximate surface area is 95.5 Å². The van der Waals surface area contributed by atoms with Crippen LogP contribution in [0.2, 0.25) is 0 Å². The first-order chi connectivity index (χ1) is 8.15. The monoisotopic (exact) mass is 232 g/mol. The highest BCUT2D eigenvalue weighted by Gasteiger charge is 2.03. The summed E-state index contributed by atoms with van der Waals surface area (Å²) < 4.78 is 5.34. The van der Waals surface area contributed by atoms with Gasteiger partial charge in [0.25, 0.3) is 0 Å². The summed E-state index contributed by atoms with van der Waals surface area (Å²) in [6, 6.07) is 5.90. The third kappa shape index (κ3) is 2.69. The van der Waals surface area contributed by atoms with Gasteiger partial charge in [0.1, 0.15) is 5.75 Å². The number of carbonyl (C=O) groups is 1. The molecule has 0 aliphatic rings. The minimum Gasteiger partial charge on any atom is -0.478 e. The molecule has 2 rings (SSSR count). The highest BCUT2D eigenvalue weighted by molar-refractivity contribution is 5.87. The molecule has 0 bridgehead atoms. The average Bonchev–Trinajstić information content (AvgIpc) is 2.33.